The van der Waals surface area contributed by atoms with Gasteiger partial charge in [-0.25, -0.2) is 0 Å². The first-order valence-corrected chi connectivity index (χ1v) is 11.2. The molecule has 2 nitrogen and oxygen atoms in total. The lowest BCUT2D eigenvalue weighted by Gasteiger charge is -2.17. The Morgan fingerprint density at radius 3 is 2.19 bits per heavy atom. The van der Waals surface area contributed by atoms with E-state index in [-0.39, 0.29) is 6.04 Å². The van der Waals surface area contributed by atoms with E-state index in [0.29, 0.717) is 5.90 Å². The van der Waals surface area contributed by atoms with Gasteiger partial charge < -0.3 is 4.43 Å². The third kappa shape index (κ3) is 10.2. The topological polar surface area (TPSA) is 21.6 Å². The molecule has 0 rings (SSSR count). The van der Waals surface area contributed by atoms with Crippen LogP contribution in [0, 0.1) is 0 Å². The van der Waals surface area contributed by atoms with Crippen molar-refractivity contribution in [1.29, 1.82) is 0 Å². The van der Waals surface area contributed by atoms with Crippen molar-refractivity contribution in [3.05, 3.63) is 0 Å². The molecular formula is C9H20F3NOSi2. The molecule has 1 unspecified atom stereocenters. The van der Waals surface area contributed by atoms with Crippen LogP contribution < -0.4 is 0 Å². The van der Waals surface area contributed by atoms with Crippen LogP contribution >= 0.6 is 0 Å². The van der Waals surface area contributed by atoms with Crippen LogP contribution in [0.3, 0.4) is 0 Å². The van der Waals surface area contributed by atoms with E-state index < -0.39 is 29.9 Å². The lowest BCUT2D eigenvalue weighted by Crippen LogP contribution is -2.24. The Kier molecular flexibility index (Phi) is 5.74. The molecule has 0 aromatic carbocycles. The number of rotatable bonds is 4. The Hall–Kier alpha value is -0.306. The molecule has 16 heavy (non-hydrogen) atoms. The summed E-state index contributed by atoms with van der Waals surface area (Å²) in [4.78, 5) is 0. The fourth-order valence-electron chi connectivity index (χ4n) is 1.22. The van der Waals surface area contributed by atoms with Crippen molar-refractivity contribution in [2.24, 2.45) is 4.66 Å². The molecule has 0 N–H and O–H groups in total. The van der Waals surface area contributed by atoms with Crippen LogP contribution in [0.1, 0.15) is 13.3 Å². The van der Waals surface area contributed by atoms with Gasteiger partial charge in [-0.3, -0.25) is 4.66 Å². The first-order valence-electron chi connectivity index (χ1n) is 5.29. The van der Waals surface area contributed by atoms with Crippen LogP contribution in [0.2, 0.25) is 32.2 Å². The minimum absolute atomic E-state index is 0.113. The molecule has 1 atom stereocenters. The second kappa shape index (κ2) is 5.85. The highest BCUT2D eigenvalue weighted by Gasteiger charge is 2.28. The fourth-order valence-corrected chi connectivity index (χ4v) is 3.81. The Morgan fingerprint density at radius 1 is 1.31 bits per heavy atom. The number of hydrogen-bond acceptors (Lipinski definition) is 2. The molecule has 0 saturated carbocycles. The summed E-state index contributed by atoms with van der Waals surface area (Å²) in [6.07, 6.45) is -4.82. The molecule has 0 saturated heterocycles. The molecule has 0 aliphatic carbocycles. The Labute approximate surface area is 97.7 Å². The fraction of sp³-hybridized carbons (Fsp3) is 0.889. The van der Waals surface area contributed by atoms with Crippen molar-refractivity contribution in [2.75, 3.05) is 0 Å². The lowest BCUT2D eigenvalue weighted by atomic mass is 10.5. The quantitative estimate of drug-likeness (QED) is 0.435. The molecule has 0 spiro atoms. The maximum atomic E-state index is 12.0. The van der Waals surface area contributed by atoms with Gasteiger partial charge in [0.15, 0.2) is 14.1 Å². The molecule has 96 valence electrons. The van der Waals surface area contributed by atoms with Gasteiger partial charge >= 0.3 is 6.18 Å². The van der Waals surface area contributed by atoms with Gasteiger partial charge in [-0.15, -0.1) is 0 Å². The predicted octanol–water partition coefficient (Wildman–Crippen LogP) is 3.56. The van der Waals surface area contributed by atoms with Crippen molar-refractivity contribution in [3.8, 4) is 0 Å². The Balaban J connectivity index is 4.06. The monoisotopic (exact) mass is 271 g/mol. The van der Waals surface area contributed by atoms with Gasteiger partial charge in [-0.2, -0.15) is 13.2 Å². The van der Waals surface area contributed by atoms with E-state index in [1.165, 1.54) is 0 Å². The average Bonchev–Trinajstić information content (AvgIpc) is 1.95. The van der Waals surface area contributed by atoms with Gasteiger partial charge in [-0.05, 0) is 32.2 Å². The van der Waals surface area contributed by atoms with Gasteiger partial charge in [0.25, 0.3) is 0 Å². The van der Waals surface area contributed by atoms with Crippen LogP contribution in [-0.4, -0.2) is 29.3 Å². The summed E-state index contributed by atoms with van der Waals surface area (Å²) in [5, 5.41) is 0. The molecule has 0 radical (unpaired) electrons. The number of halogens is 3. The van der Waals surface area contributed by atoms with Gasteiger partial charge in [0, 0.05) is 13.3 Å². The molecule has 0 aromatic rings. The van der Waals surface area contributed by atoms with Crippen molar-refractivity contribution in [1.82, 2.24) is 0 Å². The highest BCUT2D eigenvalue weighted by molar-refractivity contribution is 6.75. The van der Waals surface area contributed by atoms with Crippen molar-refractivity contribution in [3.63, 3.8) is 0 Å². The predicted molar refractivity (Wildman–Crippen MR) is 66.0 cm³/mol. The van der Waals surface area contributed by atoms with E-state index in [0.717, 1.165) is 0 Å². The molecule has 0 bridgehead atoms. The minimum Gasteiger partial charge on any atom is -0.538 e. The molecule has 7 heteroatoms. The molecule has 0 heterocycles. The van der Waals surface area contributed by atoms with Crippen molar-refractivity contribution >= 4 is 23.2 Å². The third-order valence-electron chi connectivity index (χ3n) is 1.70. The SMILES string of the molecule is CC(=N[Si](C)(C)C)O[SiH](C)CCC(F)(F)F. The van der Waals surface area contributed by atoms with E-state index in [2.05, 4.69) is 24.3 Å². The van der Waals surface area contributed by atoms with Crippen LogP contribution in [0.15, 0.2) is 4.66 Å². The van der Waals surface area contributed by atoms with E-state index in [4.69, 9.17) is 4.43 Å². The number of hydrogen-bond donors (Lipinski definition) is 0. The summed E-state index contributed by atoms with van der Waals surface area (Å²) >= 11 is 0. The minimum atomic E-state index is -4.07. The normalized spacial score (nSPS) is 16.1. The van der Waals surface area contributed by atoms with Gasteiger partial charge in [0.2, 0.25) is 9.04 Å². The van der Waals surface area contributed by atoms with Crippen molar-refractivity contribution < 1.29 is 17.6 Å². The van der Waals surface area contributed by atoms with E-state index in [9.17, 15) is 13.2 Å². The molecular weight excluding hydrogens is 251 g/mol. The average molecular weight is 271 g/mol. The van der Waals surface area contributed by atoms with E-state index in [1.807, 2.05) is 0 Å². The number of alkyl halides is 3. The van der Waals surface area contributed by atoms with Gasteiger partial charge in [0.05, 0.1) is 0 Å². The van der Waals surface area contributed by atoms with Gasteiger partial charge in [0.1, 0.15) is 0 Å². The first kappa shape index (κ1) is 15.7. The molecule has 0 amide bonds. The Morgan fingerprint density at radius 2 is 1.81 bits per heavy atom. The zero-order valence-corrected chi connectivity index (χ0v) is 12.6. The zero-order valence-electron chi connectivity index (χ0n) is 10.5. The summed E-state index contributed by atoms with van der Waals surface area (Å²) < 4.78 is 45.7. The van der Waals surface area contributed by atoms with Crippen LogP contribution in [0.25, 0.3) is 0 Å². The van der Waals surface area contributed by atoms with Crippen LogP contribution in [-0.2, 0) is 4.43 Å². The largest absolute Gasteiger partial charge is 0.538 e. The second-order valence-corrected chi connectivity index (χ2v) is 11.9. The van der Waals surface area contributed by atoms with E-state index >= 15 is 0 Å². The van der Waals surface area contributed by atoms with E-state index in [1.54, 1.807) is 13.5 Å². The molecule has 0 fully saturated rings. The summed E-state index contributed by atoms with van der Waals surface area (Å²) in [5.74, 6) is 0.556. The molecule has 0 aromatic heterocycles. The molecule has 0 aliphatic heterocycles. The standard InChI is InChI=1S/C9H20F3NOSi2/c1-8(13-16(3,4)5)14-15(2)7-6-9(10,11)12/h15H,6-7H2,1-5H3. The maximum absolute atomic E-state index is 12.0. The number of nitrogens with zero attached hydrogens (tertiary/aromatic N) is 1. The van der Waals surface area contributed by atoms with Gasteiger partial charge in [-0.1, -0.05) is 0 Å². The zero-order chi connectivity index (χ0) is 13.0. The highest BCUT2D eigenvalue weighted by Crippen LogP contribution is 2.22. The molecule has 0 aliphatic rings. The van der Waals surface area contributed by atoms with Crippen LogP contribution in [0.5, 0.6) is 0 Å². The Bertz CT molecular complexity index is 248. The first-order chi connectivity index (χ1) is 6.99. The van der Waals surface area contributed by atoms with Crippen LogP contribution in [0.4, 0.5) is 13.2 Å². The summed E-state index contributed by atoms with van der Waals surface area (Å²) in [5.41, 5.74) is 0. The summed E-state index contributed by atoms with van der Waals surface area (Å²) in [6.45, 7) is 9.68. The third-order valence-corrected chi connectivity index (χ3v) is 4.53. The second-order valence-electron chi connectivity index (χ2n) is 4.88. The highest BCUT2D eigenvalue weighted by atomic mass is 28.3. The maximum Gasteiger partial charge on any atom is 0.388 e. The lowest BCUT2D eigenvalue weighted by molar-refractivity contribution is -0.130. The van der Waals surface area contributed by atoms with Crippen molar-refractivity contribution in [2.45, 2.75) is 51.8 Å². The smallest absolute Gasteiger partial charge is 0.388 e. The summed E-state index contributed by atoms with van der Waals surface area (Å²) in [7, 11) is -3.36. The summed E-state index contributed by atoms with van der Waals surface area (Å²) in [6, 6.07) is 0.113.